The normalized spacial score (nSPS) is 30.9. The van der Waals surface area contributed by atoms with E-state index >= 15 is 0 Å². The van der Waals surface area contributed by atoms with Crippen LogP contribution in [0.3, 0.4) is 0 Å². The number of carbonyl (C=O) groups is 3. The summed E-state index contributed by atoms with van der Waals surface area (Å²) in [7, 11) is 1.15. The van der Waals surface area contributed by atoms with E-state index in [0.29, 0.717) is 0 Å². The van der Waals surface area contributed by atoms with E-state index in [4.69, 9.17) is 4.74 Å². The Bertz CT molecular complexity index is 502. The lowest BCUT2D eigenvalue weighted by Crippen LogP contribution is -2.50. The quantitative estimate of drug-likeness (QED) is 0.601. The molecule has 0 aliphatic carbocycles. The molecule has 7 heteroatoms. The van der Waals surface area contributed by atoms with Crippen molar-refractivity contribution >= 4 is 23.6 Å². The standard InChI is InChI=1S/C11H11NO6/c1-11(16)6-3-7(9(14)17-2)12-8(13)5(6)4-18-10(11)15/h3,5,16H,4H2,1-2H3. The Hall–Kier alpha value is -2.02. The number of rotatable bonds is 1. The van der Waals surface area contributed by atoms with Gasteiger partial charge in [-0.15, -0.1) is 0 Å². The molecule has 0 saturated carbocycles. The molecule has 0 aromatic heterocycles. The lowest BCUT2D eigenvalue weighted by Gasteiger charge is -2.35. The highest BCUT2D eigenvalue weighted by molar-refractivity contribution is 6.43. The lowest BCUT2D eigenvalue weighted by atomic mass is 9.81. The molecule has 2 aliphatic heterocycles. The van der Waals surface area contributed by atoms with Gasteiger partial charge in [0.2, 0.25) is 0 Å². The number of ether oxygens (including phenoxy) is 2. The van der Waals surface area contributed by atoms with Crippen molar-refractivity contribution in [3.63, 3.8) is 0 Å². The fourth-order valence-corrected chi connectivity index (χ4v) is 1.88. The zero-order valence-electron chi connectivity index (χ0n) is 9.80. The van der Waals surface area contributed by atoms with E-state index in [2.05, 4.69) is 9.73 Å². The highest BCUT2D eigenvalue weighted by Crippen LogP contribution is 2.33. The third kappa shape index (κ3) is 1.72. The van der Waals surface area contributed by atoms with Gasteiger partial charge in [-0.05, 0) is 18.6 Å². The average molecular weight is 253 g/mol. The second-order valence-corrected chi connectivity index (χ2v) is 4.15. The van der Waals surface area contributed by atoms with E-state index in [1.165, 1.54) is 13.0 Å². The zero-order valence-corrected chi connectivity index (χ0v) is 9.80. The minimum absolute atomic E-state index is 0.110. The molecule has 1 N–H and O–H groups in total. The molecular weight excluding hydrogens is 242 g/mol. The number of methoxy groups -OCH3 is 1. The van der Waals surface area contributed by atoms with Crippen molar-refractivity contribution in [1.82, 2.24) is 0 Å². The SMILES string of the molecule is COC(=O)C1=NC(=O)C2COC(=O)C(C)(O)C2=C1. The molecule has 0 radical (unpaired) electrons. The summed E-state index contributed by atoms with van der Waals surface area (Å²) >= 11 is 0. The first-order chi connectivity index (χ1) is 8.37. The van der Waals surface area contributed by atoms with Gasteiger partial charge in [-0.3, -0.25) is 4.79 Å². The predicted octanol–water partition coefficient (Wildman–Crippen LogP) is -1.01. The van der Waals surface area contributed by atoms with E-state index in [1.807, 2.05) is 0 Å². The molecule has 96 valence electrons. The number of nitrogens with zero attached hydrogens (tertiary/aromatic N) is 1. The Morgan fingerprint density at radius 3 is 2.89 bits per heavy atom. The second kappa shape index (κ2) is 4.02. The molecule has 0 aromatic rings. The van der Waals surface area contributed by atoms with Crippen molar-refractivity contribution in [1.29, 1.82) is 0 Å². The first kappa shape index (κ1) is 12.4. The molecule has 2 rings (SSSR count). The van der Waals surface area contributed by atoms with Crippen molar-refractivity contribution in [2.24, 2.45) is 10.9 Å². The van der Waals surface area contributed by atoms with Gasteiger partial charge in [-0.25, -0.2) is 14.6 Å². The van der Waals surface area contributed by atoms with Crippen LogP contribution in [-0.2, 0) is 23.9 Å². The third-order valence-corrected chi connectivity index (χ3v) is 2.93. The second-order valence-electron chi connectivity index (χ2n) is 4.15. The molecule has 2 heterocycles. The maximum atomic E-state index is 11.7. The molecule has 0 aromatic carbocycles. The van der Waals surface area contributed by atoms with Crippen molar-refractivity contribution < 1.29 is 29.0 Å². The number of aliphatic imine (C=N–C) groups is 1. The summed E-state index contributed by atoms with van der Waals surface area (Å²) in [6.07, 6.45) is 1.21. The van der Waals surface area contributed by atoms with E-state index in [9.17, 15) is 19.5 Å². The number of carbonyl (C=O) groups excluding carboxylic acids is 3. The Balaban J connectivity index is 2.47. The highest BCUT2D eigenvalue weighted by Gasteiger charge is 2.49. The Morgan fingerprint density at radius 1 is 1.61 bits per heavy atom. The van der Waals surface area contributed by atoms with Crippen LogP contribution in [0, 0.1) is 5.92 Å². The van der Waals surface area contributed by atoms with Gasteiger partial charge in [0.1, 0.15) is 6.61 Å². The summed E-state index contributed by atoms with van der Waals surface area (Å²) in [5.41, 5.74) is -2.06. The highest BCUT2D eigenvalue weighted by atomic mass is 16.6. The number of hydrogen-bond acceptors (Lipinski definition) is 6. The van der Waals surface area contributed by atoms with Crippen LogP contribution >= 0.6 is 0 Å². The maximum Gasteiger partial charge on any atom is 0.356 e. The van der Waals surface area contributed by atoms with Gasteiger partial charge in [0.05, 0.1) is 13.0 Å². The molecule has 0 spiro atoms. The molecule has 1 amide bonds. The summed E-state index contributed by atoms with van der Waals surface area (Å²) < 4.78 is 9.17. The van der Waals surface area contributed by atoms with E-state index in [1.54, 1.807) is 0 Å². The van der Waals surface area contributed by atoms with Crippen LogP contribution in [0.15, 0.2) is 16.6 Å². The Kier molecular flexibility index (Phi) is 2.78. The average Bonchev–Trinajstić information content (AvgIpc) is 2.33. The predicted molar refractivity (Wildman–Crippen MR) is 57.6 cm³/mol. The first-order valence-corrected chi connectivity index (χ1v) is 5.20. The maximum absolute atomic E-state index is 11.7. The van der Waals surface area contributed by atoms with Crippen molar-refractivity contribution in [2.75, 3.05) is 13.7 Å². The smallest absolute Gasteiger partial charge is 0.356 e. The lowest BCUT2D eigenvalue weighted by molar-refractivity contribution is -0.168. The number of aliphatic hydroxyl groups is 1. The number of esters is 2. The van der Waals surface area contributed by atoms with E-state index in [-0.39, 0.29) is 17.9 Å². The van der Waals surface area contributed by atoms with Gasteiger partial charge in [0.25, 0.3) is 5.91 Å². The van der Waals surface area contributed by atoms with Crippen LogP contribution in [0.4, 0.5) is 0 Å². The fraction of sp³-hybridized carbons (Fsp3) is 0.455. The summed E-state index contributed by atoms with van der Waals surface area (Å²) in [5.74, 6) is -3.14. The summed E-state index contributed by atoms with van der Waals surface area (Å²) in [6, 6.07) is 0. The van der Waals surface area contributed by atoms with Crippen LogP contribution < -0.4 is 0 Å². The molecule has 2 unspecified atom stereocenters. The van der Waals surface area contributed by atoms with Gasteiger partial charge in [0, 0.05) is 0 Å². The Labute approximate surface area is 102 Å². The number of amides is 1. The van der Waals surface area contributed by atoms with Gasteiger partial charge in [-0.1, -0.05) is 0 Å². The molecule has 1 saturated heterocycles. The Morgan fingerprint density at radius 2 is 2.28 bits per heavy atom. The minimum atomic E-state index is -1.94. The van der Waals surface area contributed by atoms with Crippen LogP contribution in [-0.4, -0.2) is 48.0 Å². The molecule has 2 atom stereocenters. The van der Waals surface area contributed by atoms with Crippen molar-refractivity contribution in [3.8, 4) is 0 Å². The summed E-state index contributed by atoms with van der Waals surface area (Å²) in [4.78, 5) is 38.0. The number of hydrogen-bond donors (Lipinski definition) is 1. The van der Waals surface area contributed by atoms with Gasteiger partial charge < -0.3 is 14.6 Å². The molecular formula is C11H11NO6. The van der Waals surface area contributed by atoms with Gasteiger partial charge >= 0.3 is 11.9 Å². The van der Waals surface area contributed by atoms with Gasteiger partial charge in [0.15, 0.2) is 11.3 Å². The fourth-order valence-electron chi connectivity index (χ4n) is 1.88. The molecule has 0 bridgehead atoms. The third-order valence-electron chi connectivity index (χ3n) is 2.93. The van der Waals surface area contributed by atoms with E-state index in [0.717, 1.165) is 7.11 Å². The van der Waals surface area contributed by atoms with Crippen molar-refractivity contribution in [2.45, 2.75) is 12.5 Å². The molecule has 1 fully saturated rings. The van der Waals surface area contributed by atoms with Gasteiger partial charge in [-0.2, -0.15) is 0 Å². The first-order valence-electron chi connectivity index (χ1n) is 5.20. The van der Waals surface area contributed by atoms with E-state index < -0.39 is 29.4 Å². The zero-order chi connectivity index (χ0) is 13.5. The topological polar surface area (TPSA) is 102 Å². The molecule has 2 aliphatic rings. The van der Waals surface area contributed by atoms with Crippen LogP contribution in [0.5, 0.6) is 0 Å². The number of dihydropyridines is 1. The van der Waals surface area contributed by atoms with Crippen LogP contribution in [0.25, 0.3) is 0 Å². The molecule has 18 heavy (non-hydrogen) atoms. The summed E-state index contributed by atoms with van der Waals surface area (Å²) in [6.45, 7) is 1.03. The number of fused-ring (bicyclic) bond motifs is 1. The summed E-state index contributed by atoms with van der Waals surface area (Å²) in [5, 5.41) is 10.0. The monoisotopic (exact) mass is 253 g/mol. The largest absolute Gasteiger partial charge is 0.464 e. The minimum Gasteiger partial charge on any atom is -0.464 e. The van der Waals surface area contributed by atoms with Crippen LogP contribution in [0.1, 0.15) is 6.92 Å². The number of cyclic esters (lactones) is 1. The molecule has 7 nitrogen and oxygen atoms in total. The van der Waals surface area contributed by atoms with Crippen LogP contribution in [0.2, 0.25) is 0 Å². The van der Waals surface area contributed by atoms with Crippen molar-refractivity contribution in [3.05, 3.63) is 11.6 Å².